The van der Waals surface area contributed by atoms with E-state index in [4.69, 9.17) is 17.3 Å². The smallest absolute Gasteiger partial charge is 0.265 e. The Morgan fingerprint density at radius 2 is 2.10 bits per heavy atom. The van der Waals surface area contributed by atoms with E-state index in [2.05, 4.69) is 25.6 Å². The van der Waals surface area contributed by atoms with Crippen LogP contribution in [0.1, 0.15) is 0 Å². The summed E-state index contributed by atoms with van der Waals surface area (Å²) in [4.78, 5) is 3.52. The van der Waals surface area contributed by atoms with Crippen molar-refractivity contribution in [1.82, 2.24) is 4.98 Å². The van der Waals surface area contributed by atoms with Crippen molar-refractivity contribution in [2.24, 2.45) is 0 Å². The Morgan fingerprint density at radius 1 is 1.40 bits per heavy atom. The van der Waals surface area contributed by atoms with Crippen molar-refractivity contribution < 1.29 is 12.8 Å². The Balaban J connectivity index is 2.47. The molecule has 1 heterocycles. The monoisotopic (exact) mass is 379 g/mol. The lowest BCUT2D eigenvalue weighted by Gasteiger charge is -2.12. The van der Waals surface area contributed by atoms with Gasteiger partial charge in [-0.15, -0.1) is 0 Å². The molecule has 0 saturated heterocycles. The van der Waals surface area contributed by atoms with E-state index >= 15 is 0 Å². The Kier molecular flexibility index (Phi) is 4.17. The summed E-state index contributed by atoms with van der Waals surface area (Å²) in [5.74, 6) is -0.592. The highest BCUT2D eigenvalue weighted by Gasteiger charge is 2.20. The van der Waals surface area contributed by atoms with Gasteiger partial charge in [0, 0.05) is 16.9 Å². The van der Waals surface area contributed by atoms with Crippen molar-refractivity contribution in [3.8, 4) is 0 Å². The minimum atomic E-state index is -3.98. The van der Waals surface area contributed by atoms with Crippen LogP contribution < -0.4 is 10.5 Å². The Morgan fingerprint density at radius 3 is 2.70 bits per heavy atom. The molecule has 0 bridgehead atoms. The molecule has 0 aliphatic heterocycles. The fourth-order valence-corrected chi connectivity index (χ4v) is 3.71. The van der Waals surface area contributed by atoms with Gasteiger partial charge in [-0.05, 0) is 34.1 Å². The summed E-state index contributed by atoms with van der Waals surface area (Å²) in [5.41, 5.74) is 5.66. The van der Waals surface area contributed by atoms with Gasteiger partial charge in [-0.1, -0.05) is 11.6 Å². The molecule has 0 saturated carbocycles. The zero-order valence-corrected chi connectivity index (χ0v) is 12.9. The second-order valence-electron chi connectivity index (χ2n) is 3.76. The molecule has 1 aromatic carbocycles. The van der Waals surface area contributed by atoms with Gasteiger partial charge in [0.05, 0.1) is 16.4 Å². The first-order valence-corrected chi connectivity index (χ1v) is 7.83. The molecular formula is C11H8BrClFN3O2S. The lowest BCUT2D eigenvalue weighted by molar-refractivity contribution is 0.601. The van der Waals surface area contributed by atoms with Crippen molar-refractivity contribution in [3.63, 3.8) is 0 Å². The number of nitrogens with zero attached hydrogens (tertiary/aromatic N) is 1. The van der Waals surface area contributed by atoms with Gasteiger partial charge < -0.3 is 5.73 Å². The molecule has 0 atom stereocenters. The fourth-order valence-electron chi connectivity index (χ4n) is 1.44. The molecule has 0 unspecified atom stereocenters. The number of nitrogens with one attached hydrogen (secondary N) is 1. The summed E-state index contributed by atoms with van der Waals surface area (Å²) in [6.07, 6.45) is 2.48. The summed E-state index contributed by atoms with van der Waals surface area (Å²) in [7, 11) is -3.98. The quantitative estimate of drug-likeness (QED) is 0.857. The molecule has 20 heavy (non-hydrogen) atoms. The predicted molar refractivity (Wildman–Crippen MR) is 78.6 cm³/mol. The largest absolute Gasteiger partial charge is 0.398 e. The van der Waals surface area contributed by atoms with Crippen LogP contribution in [0.4, 0.5) is 15.8 Å². The maximum atomic E-state index is 13.1. The van der Waals surface area contributed by atoms with Crippen LogP contribution in [0.2, 0.25) is 5.02 Å². The van der Waals surface area contributed by atoms with Gasteiger partial charge >= 0.3 is 0 Å². The number of nitrogen functional groups attached to an aromatic ring is 1. The third kappa shape index (κ3) is 3.02. The number of pyridine rings is 1. The van der Waals surface area contributed by atoms with Gasteiger partial charge in [0.2, 0.25) is 0 Å². The number of nitrogens with two attached hydrogens (primary N) is 1. The third-order valence-corrected chi connectivity index (χ3v) is 4.67. The molecule has 9 heteroatoms. The van der Waals surface area contributed by atoms with Crippen LogP contribution in [0, 0.1) is 5.82 Å². The number of aromatic nitrogens is 1. The Bertz CT molecular complexity index is 747. The zero-order valence-electron chi connectivity index (χ0n) is 9.77. The van der Waals surface area contributed by atoms with E-state index in [-0.39, 0.29) is 25.8 Å². The molecule has 0 radical (unpaired) electrons. The van der Waals surface area contributed by atoms with Gasteiger partial charge in [0.25, 0.3) is 10.0 Å². The van der Waals surface area contributed by atoms with Crippen LogP contribution in [-0.4, -0.2) is 13.4 Å². The molecule has 0 aliphatic rings. The number of sulfonamides is 1. The number of benzene rings is 1. The van der Waals surface area contributed by atoms with E-state index in [1.54, 1.807) is 0 Å². The molecule has 0 aliphatic carbocycles. The minimum absolute atomic E-state index is 0.0244. The summed E-state index contributed by atoms with van der Waals surface area (Å²) >= 11 is 8.87. The first kappa shape index (κ1) is 15.0. The first-order valence-electron chi connectivity index (χ1n) is 5.18. The zero-order chi connectivity index (χ0) is 14.9. The molecule has 5 nitrogen and oxygen atoms in total. The van der Waals surface area contributed by atoms with E-state index < -0.39 is 15.8 Å². The van der Waals surface area contributed by atoms with Crippen LogP contribution in [-0.2, 0) is 10.0 Å². The molecular weight excluding hydrogens is 373 g/mol. The molecule has 3 N–H and O–H groups in total. The van der Waals surface area contributed by atoms with Crippen LogP contribution in [0.25, 0.3) is 0 Å². The van der Waals surface area contributed by atoms with Crippen LogP contribution in [0.15, 0.2) is 40.0 Å². The van der Waals surface area contributed by atoms with Crippen LogP contribution in [0.5, 0.6) is 0 Å². The van der Waals surface area contributed by atoms with Gasteiger partial charge in [0.15, 0.2) is 0 Å². The Labute approximate surface area is 128 Å². The molecule has 0 spiro atoms. The van der Waals surface area contributed by atoms with Crippen molar-refractivity contribution in [1.29, 1.82) is 0 Å². The van der Waals surface area contributed by atoms with Gasteiger partial charge in [-0.2, -0.15) is 0 Å². The Hall–Kier alpha value is -1.38. The summed E-state index contributed by atoms with van der Waals surface area (Å²) in [6, 6.07) is 3.45. The van der Waals surface area contributed by atoms with Crippen molar-refractivity contribution in [3.05, 3.63) is 45.9 Å². The molecule has 0 amide bonds. The fraction of sp³-hybridized carbons (Fsp3) is 0. The molecule has 1 aromatic heterocycles. The van der Waals surface area contributed by atoms with Gasteiger partial charge in [-0.25, -0.2) is 12.8 Å². The highest BCUT2D eigenvalue weighted by Crippen LogP contribution is 2.33. The number of hydrogen-bond acceptors (Lipinski definition) is 4. The summed E-state index contributed by atoms with van der Waals surface area (Å²) < 4.78 is 39.9. The standard InChI is InChI=1S/C11H8BrClFN3O2S/c12-7-3-6(14)4-8(13)11(7)17-20(18,19)10-5-16-2-1-9(10)15/h1-5,17H,(H2,15,16). The SMILES string of the molecule is Nc1ccncc1S(=O)(=O)Nc1c(Cl)cc(F)cc1Br. The van der Waals surface area contributed by atoms with Crippen molar-refractivity contribution in [2.45, 2.75) is 4.90 Å². The number of hydrogen-bond donors (Lipinski definition) is 2. The van der Waals surface area contributed by atoms with Gasteiger partial charge in [0.1, 0.15) is 10.7 Å². The van der Waals surface area contributed by atoms with E-state index in [1.165, 1.54) is 12.3 Å². The average molecular weight is 381 g/mol. The lowest BCUT2D eigenvalue weighted by Crippen LogP contribution is -2.15. The predicted octanol–water partition coefficient (Wildman–Crippen LogP) is 3.02. The first-order chi connectivity index (χ1) is 9.31. The molecule has 2 aromatic rings. The average Bonchev–Trinajstić information content (AvgIpc) is 2.34. The van der Waals surface area contributed by atoms with Crippen molar-refractivity contribution >= 4 is 48.9 Å². The van der Waals surface area contributed by atoms with E-state index in [0.717, 1.165) is 18.3 Å². The van der Waals surface area contributed by atoms with E-state index in [1.807, 2.05) is 0 Å². The second kappa shape index (κ2) is 5.55. The number of rotatable bonds is 3. The third-order valence-electron chi connectivity index (χ3n) is 2.35. The second-order valence-corrected chi connectivity index (χ2v) is 6.68. The number of anilines is 2. The summed E-state index contributed by atoms with van der Waals surface area (Å²) in [6.45, 7) is 0. The summed E-state index contributed by atoms with van der Waals surface area (Å²) in [5, 5.41) is -0.0806. The van der Waals surface area contributed by atoms with Crippen LogP contribution in [0.3, 0.4) is 0 Å². The normalized spacial score (nSPS) is 11.3. The highest BCUT2D eigenvalue weighted by atomic mass is 79.9. The highest BCUT2D eigenvalue weighted by molar-refractivity contribution is 9.10. The minimum Gasteiger partial charge on any atom is -0.398 e. The lowest BCUT2D eigenvalue weighted by atomic mass is 10.3. The van der Waals surface area contributed by atoms with Gasteiger partial charge in [-0.3, -0.25) is 9.71 Å². The topological polar surface area (TPSA) is 85.1 Å². The maximum Gasteiger partial charge on any atom is 0.265 e. The maximum absolute atomic E-state index is 13.1. The van der Waals surface area contributed by atoms with E-state index in [0.29, 0.717) is 0 Å². The van der Waals surface area contributed by atoms with Crippen LogP contribution >= 0.6 is 27.5 Å². The molecule has 106 valence electrons. The number of halogens is 3. The molecule has 0 fully saturated rings. The van der Waals surface area contributed by atoms with E-state index in [9.17, 15) is 12.8 Å². The molecule has 2 rings (SSSR count). The van der Waals surface area contributed by atoms with Crippen molar-refractivity contribution in [2.75, 3.05) is 10.5 Å².